The highest BCUT2D eigenvalue weighted by molar-refractivity contribution is 5.91. The summed E-state index contributed by atoms with van der Waals surface area (Å²) < 4.78 is 5.16. The van der Waals surface area contributed by atoms with Crippen molar-refractivity contribution < 1.29 is 9.21 Å². The number of hydrogen-bond donors (Lipinski definition) is 0. The topological polar surface area (TPSA) is 43.1 Å². The lowest BCUT2D eigenvalue weighted by molar-refractivity contribution is 0.101. The second-order valence-electron chi connectivity index (χ2n) is 3.84. The number of nitrogens with zero attached hydrogens (tertiary/aromatic N) is 1. The van der Waals surface area contributed by atoms with Crippen molar-refractivity contribution in [3.05, 3.63) is 17.8 Å². The number of carbonyl (C=O) groups excluding carboxylic acids is 1. The summed E-state index contributed by atoms with van der Waals surface area (Å²) in [5.74, 6) is 0.543. The van der Waals surface area contributed by atoms with Gasteiger partial charge in [0.25, 0.3) is 0 Å². The molecule has 0 saturated heterocycles. The van der Waals surface area contributed by atoms with Crippen LogP contribution in [0.2, 0.25) is 0 Å². The van der Waals surface area contributed by atoms with Gasteiger partial charge in [-0.3, -0.25) is 4.79 Å². The Morgan fingerprint density at radius 2 is 2.08 bits per heavy atom. The average molecular weight is 167 g/mol. The Morgan fingerprint density at radius 3 is 2.33 bits per heavy atom. The highest BCUT2D eigenvalue weighted by Gasteiger charge is 2.20. The van der Waals surface area contributed by atoms with Gasteiger partial charge in [-0.25, -0.2) is 4.98 Å². The van der Waals surface area contributed by atoms with Gasteiger partial charge in [-0.1, -0.05) is 20.8 Å². The molecule has 66 valence electrons. The second kappa shape index (κ2) is 2.73. The molecule has 12 heavy (non-hydrogen) atoms. The maximum Gasteiger partial charge on any atom is 0.200 e. The predicted octanol–water partition coefficient (Wildman–Crippen LogP) is 2.17. The number of rotatable bonds is 1. The van der Waals surface area contributed by atoms with E-state index >= 15 is 0 Å². The lowest BCUT2D eigenvalue weighted by atomic mass is 9.97. The maximum atomic E-state index is 10.9. The first-order valence-corrected chi connectivity index (χ1v) is 3.88. The van der Waals surface area contributed by atoms with Crippen LogP contribution in [0.3, 0.4) is 0 Å². The van der Waals surface area contributed by atoms with Crippen molar-refractivity contribution in [1.82, 2.24) is 4.98 Å². The standard InChI is InChI=1S/C9H13NO2/c1-6(11)7-5-12-8(10-7)9(2,3)4/h5H,1-4H3. The predicted molar refractivity (Wildman–Crippen MR) is 45.2 cm³/mol. The molecule has 0 aliphatic heterocycles. The lowest BCUT2D eigenvalue weighted by Gasteiger charge is -2.11. The van der Waals surface area contributed by atoms with Crippen LogP contribution in [0.5, 0.6) is 0 Å². The summed E-state index contributed by atoms with van der Waals surface area (Å²) in [6.45, 7) is 7.44. The van der Waals surface area contributed by atoms with Crippen molar-refractivity contribution >= 4 is 5.78 Å². The molecule has 3 heteroatoms. The molecule has 1 rings (SSSR count). The number of oxazole rings is 1. The Morgan fingerprint density at radius 1 is 1.50 bits per heavy atom. The third-order valence-electron chi connectivity index (χ3n) is 1.51. The third kappa shape index (κ3) is 1.72. The molecule has 1 aromatic rings. The smallest absolute Gasteiger partial charge is 0.200 e. The first-order chi connectivity index (χ1) is 5.41. The van der Waals surface area contributed by atoms with Gasteiger partial charge < -0.3 is 4.42 Å². The quantitative estimate of drug-likeness (QED) is 0.602. The van der Waals surface area contributed by atoms with Crippen LogP contribution in [0.1, 0.15) is 44.1 Å². The third-order valence-corrected chi connectivity index (χ3v) is 1.51. The molecule has 0 saturated carbocycles. The molecular weight excluding hydrogens is 154 g/mol. The van der Waals surface area contributed by atoms with Crippen molar-refractivity contribution in [3.63, 3.8) is 0 Å². The van der Waals surface area contributed by atoms with E-state index in [1.807, 2.05) is 20.8 Å². The zero-order valence-corrected chi connectivity index (χ0v) is 7.84. The second-order valence-corrected chi connectivity index (χ2v) is 3.84. The fourth-order valence-corrected chi connectivity index (χ4v) is 0.780. The van der Waals surface area contributed by atoms with E-state index in [2.05, 4.69) is 4.98 Å². The minimum Gasteiger partial charge on any atom is -0.448 e. The van der Waals surface area contributed by atoms with Gasteiger partial charge in [0.1, 0.15) is 12.0 Å². The first kappa shape index (κ1) is 8.97. The van der Waals surface area contributed by atoms with Crippen molar-refractivity contribution in [1.29, 1.82) is 0 Å². The number of ketones is 1. The van der Waals surface area contributed by atoms with E-state index in [1.54, 1.807) is 0 Å². The van der Waals surface area contributed by atoms with Crippen LogP contribution in [-0.4, -0.2) is 10.8 Å². The molecule has 1 aromatic heterocycles. The van der Waals surface area contributed by atoms with E-state index in [1.165, 1.54) is 13.2 Å². The van der Waals surface area contributed by atoms with Crippen molar-refractivity contribution in [3.8, 4) is 0 Å². The molecule has 0 unspecified atom stereocenters. The van der Waals surface area contributed by atoms with Crippen LogP contribution in [0.25, 0.3) is 0 Å². The van der Waals surface area contributed by atoms with Crippen LogP contribution in [-0.2, 0) is 5.41 Å². The van der Waals surface area contributed by atoms with Gasteiger partial charge in [0, 0.05) is 12.3 Å². The molecule has 0 aliphatic carbocycles. The van der Waals surface area contributed by atoms with Gasteiger partial charge in [-0.2, -0.15) is 0 Å². The molecule has 0 spiro atoms. The first-order valence-electron chi connectivity index (χ1n) is 3.88. The van der Waals surface area contributed by atoms with Crippen LogP contribution in [0.4, 0.5) is 0 Å². The van der Waals surface area contributed by atoms with Gasteiger partial charge in [0.2, 0.25) is 0 Å². The Kier molecular flexibility index (Phi) is 2.04. The number of aromatic nitrogens is 1. The monoisotopic (exact) mass is 167 g/mol. The highest BCUT2D eigenvalue weighted by atomic mass is 16.3. The number of carbonyl (C=O) groups is 1. The molecule has 0 aromatic carbocycles. The summed E-state index contributed by atoms with van der Waals surface area (Å²) in [5.41, 5.74) is 0.271. The minimum absolute atomic E-state index is 0.0609. The van der Waals surface area contributed by atoms with Crippen LogP contribution < -0.4 is 0 Å². The Hall–Kier alpha value is -1.12. The molecule has 1 heterocycles. The average Bonchev–Trinajstić information content (AvgIpc) is 2.30. The molecule has 3 nitrogen and oxygen atoms in total. The number of hydrogen-bond acceptors (Lipinski definition) is 3. The van der Waals surface area contributed by atoms with Crippen LogP contribution in [0.15, 0.2) is 10.7 Å². The Bertz CT molecular complexity index is 294. The molecule has 0 N–H and O–H groups in total. The van der Waals surface area contributed by atoms with Gasteiger partial charge in [-0.15, -0.1) is 0 Å². The highest BCUT2D eigenvalue weighted by Crippen LogP contribution is 2.20. The summed E-state index contributed by atoms with van der Waals surface area (Å²) >= 11 is 0. The maximum absolute atomic E-state index is 10.9. The van der Waals surface area contributed by atoms with Gasteiger partial charge in [0.05, 0.1) is 0 Å². The van der Waals surface area contributed by atoms with E-state index in [9.17, 15) is 4.79 Å². The normalized spacial score (nSPS) is 11.7. The van der Waals surface area contributed by atoms with E-state index < -0.39 is 0 Å². The van der Waals surface area contributed by atoms with Crippen LogP contribution >= 0.6 is 0 Å². The van der Waals surface area contributed by atoms with E-state index in [0.717, 1.165) is 0 Å². The van der Waals surface area contributed by atoms with Crippen molar-refractivity contribution in [2.75, 3.05) is 0 Å². The number of Topliss-reactive ketones (excluding diaryl/α,β-unsaturated/α-hetero) is 1. The molecule has 0 radical (unpaired) electrons. The molecule has 0 aliphatic rings. The zero-order chi connectivity index (χ0) is 9.35. The summed E-state index contributed by atoms with van der Waals surface area (Å²) in [4.78, 5) is 14.9. The summed E-state index contributed by atoms with van der Waals surface area (Å²) in [5, 5.41) is 0. The van der Waals surface area contributed by atoms with Crippen molar-refractivity contribution in [2.24, 2.45) is 0 Å². The molecular formula is C9H13NO2. The summed E-state index contributed by atoms with van der Waals surface area (Å²) in [7, 11) is 0. The Balaban J connectivity index is 3.00. The van der Waals surface area contributed by atoms with Gasteiger partial charge >= 0.3 is 0 Å². The Labute approximate surface area is 71.8 Å². The fraction of sp³-hybridized carbons (Fsp3) is 0.556. The molecule has 0 fully saturated rings. The molecule has 0 atom stereocenters. The van der Waals surface area contributed by atoms with Gasteiger partial charge in [0.15, 0.2) is 11.7 Å². The van der Waals surface area contributed by atoms with E-state index in [4.69, 9.17) is 4.42 Å². The molecule has 0 amide bonds. The molecule has 0 bridgehead atoms. The summed E-state index contributed by atoms with van der Waals surface area (Å²) in [6, 6.07) is 0. The van der Waals surface area contributed by atoms with Gasteiger partial charge in [-0.05, 0) is 0 Å². The van der Waals surface area contributed by atoms with Crippen LogP contribution in [0, 0.1) is 0 Å². The SMILES string of the molecule is CC(=O)c1coc(C(C)(C)C)n1. The fourth-order valence-electron chi connectivity index (χ4n) is 0.780. The lowest BCUT2D eigenvalue weighted by Crippen LogP contribution is -2.11. The minimum atomic E-state index is -0.131. The van der Waals surface area contributed by atoms with E-state index in [-0.39, 0.29) is 11.2 Å². The van der Waals surface area contributed by atoms with Crippen molar-refractivity contribution in [2.45, 2.75) is 33.1 Å². The zero-order valence-electron chi connectivity index (χ0n) is 7.84. The largest absolute Gasteiger partial charge is 0.448 e. The van der Waals surface area contributed by atoms with E-state index in [0.29, 0.717) is 11.6 Å². The summed E-state index contributed by atoms with van der Waals surface area (Å²) in [6.07, 6.45) is 1.41.